The first-order chi connectivity index (χ1) is 16.7. The quantitative estimate of drug-likeness (QED) is 0.493. The van der Waals surface area contributed by atoms with Crippen molar-refractivity contribution in [1.29, 1.82) is 0 Å². The number of hydroxylamine groups is 1. The molecule has 0 bridgehead atoms. The number of anilines is 1. The average molecular weight is 556 g/mol. The minimum absolute atomic E-state index is 0.0295. The van der Waals surface area contributed by atoms with Gasteiger partial charge in [-0.15, -0.1) is 0 Å². The van der Waals surface area contributed by atoms with Gasteiger partial charge in [-0.1, -0.05) is 34.4 Å². The first-order valence-electron chi connectivity index (χ1n) is 10.4. The van der Waals surface area contributed by atoms with Crippen LogP contribution in [-0.2, 0) is 20.1 Å². The van der Waals surface area contributed by atoms with Crippen molar-refractivity contribution >= 4 is 40.5 Å². The third kappa shape index (κ3) is 4.86. The van der Waals surface area contributed by atoms with E-state index < -0.39 is 36.3 Å². The van der Waals surface area contributed by atoms with Gasteiger partial charge in [-0.05, 0) is 48.4 Å². The van der Waals surface area contributed by atoms with E-state index in [-0.39, 0.29) is 51.3 Å². The minimum Gasteiger partial charge on any atom is -0.374 e. The van der Waals surface area contributed by atoms with E-state index in [9.17, 15) is 31.1 Å². The third-order valence-electron chi connectivity index (χ3n) is 5.83. The summed E-state index contributed by atoms with van der Waals surface area (Å²) in [6, 6.07) is 6.32. The zero-order chi connectivity index (χ0) is 26.5. The van der Waals surface area contributed by atoms with E-state index in [1.807, 2.05) is 0 Å². The molecule has 1 amide bonds. The summed E-state index contributed by atoms with van der Waals surface area (Å²) in [5.74, 6) is -2.09. The van der Waals surface area contributed by atoms with Gasteiger partial charge in [-0.3, -0.25) is 14.5 Å². The van der Waals surface area contributed by atoms with Crippen LogP contribution in [0.15, 0.2) is 41.6 Å². The number of rotatable bonds is 4. The molecule has 1 saturated heterocycles. The standard InChI is InChI=1S/C22H17Cl2F6N3O3/c1-11-4-12(2-3-18(11)33(16-9-31-35-10-16)19(34)21(25,26)27)17-8-20(36-32-17,22(28,29)30)13-5-14(23)7-15(24)6-13/h2-7,16,31H,8-10H2,1H3. The molecule has 0 radical (unpaired) electrons. The fourth-order valence-corrected chi connectivity index (χ4v) is 4.62. The van der Waals surface area contributed by atoms with Gasteiger partial charge in [0, 0.05) is 34.3 Å². The molecule has 2 atom stereocenters. The summed E-state index contributed by atoms with van der Waals surface area (Å²) in [6.45, 7) is 1.21. The van der Waals surface area contributed by atoms with Gasteiger partial charge in [-0.2, -0.15) is 26.3 Å². The summed E-state index contributed by atoms with van der Waals surface area (Å²) in [6.07, 6.45) is -10.8. The lowest BCUT2D eigenvalue weighted by molar-refractivity contribution is -0.275. The van der Waals surface area contributed by atoms with Crippen molar-refractivity contribution in [1.82, 2.24) is 5.48 Å². The molecule has 6 nitrogen and oxygen atoms in total. The summed E-state index contributed by atoms with van der Waals surface area (Å²) >= 11 is 11.8. The summed E-state index contributed by atoms with van der Waals surface area (Å²) in [5, 5.41) is 3.59. The van der Waals surface area contributed by atoms with Gasteiger partial charge in [0.25, 0.3) is 5.60 Å². The molecule has 2 aromatic carbocycles. The highest BCUT2D eigenvalue weighted by Crippen LogP contribution is 2.50. The van der Waals surface area contributed by atoms with E-state index >= 15 is 0 Å². The molecule has 36 heavy (non-hydrogen) atoms. The van der Waals surface area contributed by atoms with Gasteiger partial charge in [0.05, 0.1) is 18.4 Å². The number of halogens is 8. The molecule has 2 aliphatic rings. The Balaban J connectivity index is 1.68. The van der Waals surface area contributed by atoms with Crippen molar-refractivity contribution in [3.8, 4) is 0 Å². The number of hydrogen-bond acceptors (Lipinski definition) is 5. The van der Waals surface area contributed by atoms with E-state index in [1.165, 1.54) is 31.2 Å². The Morgan fingerprint density at radius 2 is 1.78 bits per heavy atom. The van der Waals surface area contributed by atoms with Crippen molar-refractivity contribution in [3.63, 3.8) is 0 Å². The molecule has 0 aromatic heterocycles. The predicted molar refractivity (Wildman–Crippen MR) is 119 cm³/mol. The number of alkyl halides is 6. The average Bonchev–Trinajstić information content (AvgIpc) is 3.44. The maximum atomic E-state index is 14.2. The first kappa shape index (κ1) is 26.5. The number of carbonyl (C=O) groups is 1. The molecule has 0 spiro atoms. The SMILES string of the molecule is Cc1cc(C2=NOC(c3cc(Cl)cc(Cl)c3)(C(F)(F)F)C2)ccc1N(C(=O)C(F)(F)F)C1CNOC1. The molecule has 2 aromatic rings. The predicted octanol–water partition coefficient (Wildman–Crippen LogP) is 5.68. The van der Waals surface area contributed by atoms with E-state index in [2.05, 4.69) is 10.6 Å². The van der Waals surface area contributed by atoms with Crippen LogP contribution in [0.25, 0.3) is 0 Å². The molecule has 2 unspecified atom stereocenters. The van der Waals surface area contributed by atoms with Gasteiger partial charge in [-0.25, -0.2) is 5.48 Å². The normalized spacial score (nSPS) is 22.4. The zero-order valence-corrected chi connectivity index (χ0v) is 19.8. The fraction of sp³-hybridized carbons (Fsp3) is 0.364. The number of amides is 1. The second-order valence-electron chi connectivity index (χ2n) is 8.28. The Hall–Kier alpha value is -2.54. The molecule has 2 aliphatic heterocycles. The Labute approximate surface area is 210 Å². The van der Waals surface area contributed by atoms with E-state index in [4.69, 9.17) is 32.9 Å². The van der Waals surface area contributed by atoms with Gasteiger partial charge >= 0.3 is 18.3 Å². The fourth-order valence-electron chi connectivity index (χ4n) is 4.09. The largest absolute Gasteiger partial charge is 0.471 e. The van der Waals surface area contributed by atoms with Crippen LogP contribution < -0.4 is 10.4 Å². The highest BCUT2D eigenvalue weighted by molar-refractivity contribution is 6.34. The Kier molecular flexibility index (Phi) is 6.93. The van der Waals surface area contributed by atoms with Gasteiger partial charge < -0.3 is 4.84 Å². The number of nitrogens with zero attached hydrogens (tertiary/aromatic N) is 2. The molecule has 1 fully saturated rings. The van der Waals surface area contributed by atoms with Gasteiger partial charge in [0.15, 0.2) is 0 Å². The number of hydrogen-bond donors (Lipinski definition) is 1. The lowest BCUT2D eigenvalue weighted by atomic mass is 9.86. The molecule has 2 heterocycles. The molecule has 194 valence electrons. The summed E-state index contributed by atoms with van der Waals surface area (Å²) in [4.78, 5) is 22.6. The third-order valence-corrected chi connectivity index (χ3v) is 6.26. The maximum Gasteiger partial charge on any atom is 0.471 e. The van der Waals surface area contributed by atoms with Crippen LogP contribution in [0, 0.1) is 6.92 Å². The van der Waals surface area contributed by atoms with Crippen molar-refractivity contribution in [2.24, 2.45) is 5.16 Å². The highest BCUT2D eigenvalue weighted by Gasteiger charge is 2.62. The van der Waals surface area contributed by atoms with Crippen LogP contribution in [0.2, 0.25) is 10.0 Å². The van der Waals surface area contributed by atoms with E-state index in [1.54, 1.807) is 0 Å². The van der Waals surface area contributed by atoms with Crippen LogP contribution in [-0.4, -0.2) is 43.2 Å². The number of oxime groups is 1. The summed E-state index contributed by atoms with van der Waals surface area (Å²) < 4.78 is 82.6. The number of carbonyl (C=O) groups excluding carboxylic acids is 1. The topological polar surface area (TPSA) is 63.2 Å². The molecule has 0 aliphatic carbocycles. The second kappa shape index (κ2) is 9.40. The summed E-state index contributed by atoms with van der Waals surface area (Å²) in [7, 11) is 0. The minimum atomic E-state index is -5.15. The van der Waals surface area contributed by atoms with Crippen molar-refractivity contribution in [2.45, 2.75) is 37.3 Å². The maximum absolute atomic E-state index is 14.2. The van der Waals surface area contributed by atoms with Gasteiger partial charge in [0.1, 0.15) is 0 Å². The lowest BCUT2D eigenvalue weighted by Crippen LogP contribution is -2.49. The van der Waals surface area contributed by atoms with Crippen LogP contribution in [0.4, 0.5) is 32.0 Å². The molecular weight excluding hydrogens is 539 g/mol. The monoisotopic (exact) mass is 555 g/mol. The highest BCUT2D eigenvalue weighted by atomic mass is 35.5. The number of aryl methyl sites for hydroxylation is 1. The number of benzene rings is 2. The molecule has 0 saturated carbocycles. The summed E-state index contributed by atoms with van der Waals surface area (Å²) in [5.41, 5.74) is -0.576. The Morgan fingerprint density at radius 1 is 1.11 bits per heavy atom. The smallest absolute Gasteiger partial charge is 0.374 e. The molecule has 14 heteroatoms. The van der Waals surface area contributed by atoms with Gasteiger partial charge in [0.2, 0.25) is 0 Å². The Morgan fingerprint density at radius 3 is 2.31 bits per heavy atom. The molecular formula is C22H17Cl2F6N3O3. The van der Waals surface area contributed by atoms with Crippen LogP contribution >= 0.6 is 23.2 Å². The van der Waals surface area contributed by atoms with Crippen molar-refractivity contribution in [3.05, 3.63) is 63.1 Å². The molecule has 1 N–H and O–H groups in total. The van der Waals surface area contributed by atoms with E-state index in [0.717, 1.165) is 12.1 Å². The zero-order valence-electron chi connectivity index (χ0n) is 18.3. The number of nitrogens with one attached hydrogen (secondary N) is 1. The second-order valence-corrected chi connectivity index (χ2v) is 9.15. The van der Waals surface area contributed by atoms with Crippen LogP contribution in [0.1, 0.15) is 23.1 Å². The van der Waals surface area contributed by atoms with E-state index in [0.29, 0.717) is 4.90 Å². The lowest BCUT2D eigenvalue weighted by Gasteiger charge is -2.30. The molecule has 4 rings (SSSR count). The Bertz CT molecular complexity index is 1190. The van der Waals surface area contributed by atoms with Crippen LogP contribution in [0.5, 0.6) is 0 Å². The van der Waals surface area contributed by atoms with Crippen molar-refractivity contribution < 1.29 is 40.8 Å². The van der Waals surface area contributed by atoms with Crippen LogP contribution in [0.3, 0.4) is 0 Å². The van der Waals surface area contributed by atoms with Crippen molar-refractivity contribution in [2.75, 3.05) is 18.1 Å². The first-order valence-corrected chi connectivity index (χ1v) is 11.1.